The van der Waals surface area contributed by atoms with Crippen molar-refractivity contribution in [2.45, 2.75) is 94.7 Å². The summed E-state index contributed by atoms with van der Waals surface area (Å²) in [6.07, 6.45) is 8.48. The Morgan fingerprint density at radius 3 is 2.56 bits per heavy atom. The molecular formula is C30H38N4O5. The van der Waals surface area contributed by atoms with Gasteiger partial charge in [0.15, 0.2) is 0 Å². The first kappa shape index (κ1) is 26.0. The van der Waals surface area contributed by atoms with Crippen LogP contribution in [0.5, 0.6) is 0 Å². The smallest absolute Gasteiger partial charge is 0.289 e. The summed E-state index contributed by atoms with van der Waals surface area (Å²) in [4.78, 5) is 67.8. The molecule has 1 aromatic rings. The number of aryl methyl sites for hydroxylation is 1. The number of nitrogens with one attached hydrogen (secondary N) is 3. The molecule has 2 heterocycles. The van der Waals surface area contributed by atoms with Crippen LogP contribution in [-0.2, 0) is 30.4 Å². The van der Waals surface area contributed by atoms with Gasteiger partial charge in [-0.05, 0) is 87.2 Å². The Bertz CT molecular complexity index is 1190. The summed E-state index contributed by atoms with van der Waals surface area (Å²) in [5.74, 6) is -2.72. The van der Waals surface area contributed by atoms with Crippen LogP contribution in [0.15, 0.2) is 24.3 Å². The normalized spacial score (nSPS) is 27.7. The second kappa shape index (κ2) is 10.4. The van der Waals surface area contributed by atoms with E-state index in [0.717, 1.165) is 56.9 Å². The van der Waals surface area contributed by atoms with Gasteiger partial charge >= 0.3 is 0 Å². The lowest BCUT2D eigenvalue weighted by atomic mass is 9.80. The van der Waals surface area contributed by atoms with Crippen LogP contribution >= 0.6 is 0 Å². The maximum absolute atomic E-state index is 14.0. The average Bonchev–Trinajstić information content (AvgIpc) is 3.87. The molecule has 4 fully saturated rings. The number of nitrogens with zero attached hydrogens (tertiary/aromatic N) is 1. The predicted octanol–water partition coefficient (Wildman–Crippen LogP) is 1.74. The predicted molar refractivity (Wildman–Crippen MR) is 142 cm³/mol. The third-order valence-corrected chi connectivity index (χ3v) is 9.55. The Hall–Kier alpha value is -3.23. The standard InChI is InChI=1S/C30H38N4O5/c35-25(28(38)32-20-8-9-20)23(16-19-10-14-31-26(19)36)33-27(37)24-17-30(11-12-30)13-15-34(24)29(39)22-7-3-5-18-4-1-2-6-21(18)22/h1-2,4,6,19-20,22-24H,3,5,7-17H2,(H,31,36)(H,32,38)(H,33,37)/t19-,22-,23-,24-/m0/s1. The highest BCUT2D eigenvalue weighted by Gasteiger charge is 2.52. The Kier molecular flexibility index (Phi) is 6.93. The monoisotopic (exact) mass is 534 g/mol. The van der Waals surface area contributed by atoms with Crippen molar-refractivity contribution in [1.82, 2.24) is 20.9 Å². The molecule has 0 bridgehead atoms. The van der Waals surface area contributed by atoms with E-state index >= 15 is 0 Å². The summed E-state index contributed by atoms with van der Waals surface area (Å²) in [5, 5.41) is 8.35. The number of hydrogen-bond donors (Lipinski definition) is 3. The highest BCUT2D eigenvalue weighted by molar-refractivity contribution is 6.38. The highest BCUT2D eigenvalue weighted by Crippen LogP contribution is 2.55. The first-order chi connectivity index (χ1) is 18.8. The van der Waals surface area contributed by atoms with Crippen LogP contribution in [0.1, 0.15) is 81.3 Å². The fraction of sp³-hybridized carbons (Fsp3) is 0.633. The van der Waals surface area contributed by atoms with Crippen molar-refractivity contribution in [3.8, 4) is 0 Å². The summed E-state index contributed by atoms with van der Waals surface area (Å²) in [6, 6.07) is 6.28. The Morgan fingerprint density at radius 1 is 1.05 bits per heavy atom. The van der Waals surface area contributed by atoms with Crippen LogP contribution in [0.25, 0.3) is 0 Å². The lowest BCUT2D eigenvalue weighted by Crippen LogP contribution is -2.58. The van der Waals surface area contributed by atoms with E-state index in [0.29, 0.717) is 25.9 Å². The van der Waals surface area contributed by atoms with Gasteiger partial charge in [-0.25, -0.2) is 0 Å². The summed E-state index contributed by atoms with van der Waals surface area (Å²) in [7, 11) is 0. The van der Waals surface area contributed by atoms with E-state index in [1.165, 1.54) is 5.56 Å². The quantitative estimate of drug-likeness (QED) is 0.438. The van der Waals surface area contributed by atoms with Crippen molar-refractivity contribution in [1.29, 1.82) is 0 Å². The Balaban J connectivity index is 1.22. The number of ketones is 1. The molecule has 2 saturated carbocycles. The number of fused-ring (bicyclic) bond motifs is 1. The van der Waals surface area contributed by atoms with E-state index < -0.39 is 35.6 Å². The third-order valence-electron chi connectivity index (χ3n) is 9.55. The number of carbonyl (C=O) groups excluding carboxylic acids is 5. The molecule has 1 aromatic carbocycles. The zero-order chi connectivity index (χ0) is 27.1. The van der Waals surface area contributed by atoms with Crippen molar-refractivity contribution in [2.75, 3.05) is 13.1 Å². The molecular weight excluding hydrogens is 496 g/mol. The fourth-order valence-electron chi connectivity index (χ4n) is 6.77. The van der Waals surface area contributed by atoms with Gasteiger partial charge in [0.2, 0.25) is 23.5 Å². The number of benzene rings is 1. The van der Waals surface area contributed by atoms with E-state index in [-0.39, 0.29) is 35.6 Å². The van der Waals surface area contributed by atoms with Gasteiger partial charge in [-0.2, -0.15) is 0 Å². The Morgan fingerprint density at radius 2 is 1.85 bits per heavy atom. The van der Waals surface area contributed by atoms with Gasteiger partial charge in [0.25, 0.3) is 5.91 Å². The van der Waals surface area contributed by atoms with E-state index in [2.05, 4.69) is 22.0 Å². The van der Waals surface area contributed by atoms with Gasteiger partial charge < -0.3 is 20.9 Å². The van der Waals surface area contributed by atoms with Crippen molar-refractivity contribution in [3.05, 3.63) is 35.4 Å². The second-order valence-corrected chi connectivity index (χ2v) is 12.3. The molecule has 4 atom stereocenters. The molecule has 208 valence electrons. The zero-order valence-electron chi connectivity index (χ0n) is 22.4. The van der Waals surface area contributed by atoms with Gasteiger partial charge in [0.1, 0.15) is 6.04 Å². The maximum Gasteiger partial charge on any atom is 0.289 e. The van der Waals surface area contributed by atoms with Crippen LogP contribution in [0, 0.1) is 11.3 Å². The van der Waals surface area contributed by atoms with E-state index in [9.17, 15) is 24.0 Å². The molecule has 3 N–H and O–H groups in total. The molecule has 6 rings (SSSR count). The molecule has 9 heteroatoms. The Labute approximate surface area is 228 Å². The second-order valence-electron chi connectivity index (χ2n) is 12.3. The van der Waals surface area contributed by atoms with Gasteiger partial charge in [-0.3, -0.25) is 24.0 Å². The minimum Gasteiger partial charge on any atom is -0.356 e. The largest absolute Gasteiger partial charge is 0.356 e. The number of Topliss-reactive ketones (excluding diaryl/α,β-unsaturated/α-hetero) is 1. The molecule has 4 amide bonds. The van der Waals surface area contributed by atoms with E-state index in [1.54, 1.807) is 4.90 Å². The maximum atomic E-state index is 14.0. The van der Waals surface area contributed by atoms with Crippen LogP contribution in [0.4, 0.5) is 0 Å². The molecule has 0 aromatic heterocycles. The summed E-state index contributed by atoms with van der Waals surface area (Å²) < 4.78 is 0. The molecule has 0 unspecified atom stereocenters. The molecule has 2 aliphatic heterocycles. The summed E-state index contributed by atoms with van der Waals surface area (Å²) in [6.45, 7) is 1.03. The summed E-state index contributed by atoms with van der Waals surface area (Å²) in [5.41, 5.74) is 2.33. The first-order valence-corrected chi connectivity index (χ1v) is 14.6. The lowest BCUT2D eigenvalue weighted by Gasteiger charge is -2.41. The molecule has 5 aliphatic rings. The molecule has 39 heavy (non-hydrogen) atoms. The van der Waals surface area contributed by atoms with Gasteiger partial charge in [0.05, 0.1) is 12.0 Å². The van der Waals surface area contributed by atoms with Gasteiger partial charge in [0, 0.05) is 25.0 Å². The molecule has 0 radical (unpaired) electrons. The highest BCUT2D eigenvalue weighted by atomic mass is 16.2. The molecule has 3 aliphatic carbocycles. The minimum absolute atomic E-state index is 0.00661. The van der Waals surface area contributed by atoms with Crippen LogP contribution < -0.4 is 16.0 Å². The van der Waals surface area contributed by atoms with Gasteiger partial charge in [-0.15, -0.1) is 0 Å². The van der Waals surface area contributed by atoms with Crippen molar-refractivity contribution in [2.24, 2.45) is 11.3 Å². The minimum atomic E-state index is -1.10. The zero-order valence-corrected chi connectivity index (χ0v) is 22.4. The van der Waals surface area contributed by atoms with Crippen molar-refractivity contribution < 1.29 is 24.0 Å². The van der Waals surface area contributed by atoms with Crippen LogP contribution in [-0.4, -0.2) is 65.5 Å². The number of hydrogen-bond acceptors (Lipinski definition) is 5. The fourth-order valence-corrected chi connectivity index (χ4v) is 6.77. The third kappa shape index (κ3) is 5.45. The van der Waals surface area contributed by atoms with Crippen LogP contribution in [0.3, 0.4) is 0 Å². The SMILES string of the molecule is O=C(NC1CC1)C(=O)[C@H](C[C@@H]1CCNC1=O)NC(=O)[C@@H]1CC2(CCN1C(=O)[C@H]1CCCc3ccccc31)CC2. The first-order valence-electron chi connectivity index (χ1n) is 14.6. The van der Waals surface area contributed by atoms with Crippen molar-refractivity contribution in [3.63, 3.8) is 0 Å². The van der Waals surface area contributed by atoms with Crippen molar-refractivity contribution >= 4 is 29.4 Å². The number of piperidine rings is 1. The number of carbonyl (C=O) groups is 5. The van der Waals surface area contributed by atoms with E-state index in [1.807, 2.05) is 18.2 Å². The average molecular weight is 535 g/mol. The van der Waals surface area contributed by atoms with E-state index in [4.69, 9.17) is 0 Å². The summed E-state index contributed by atoms with van der Waals surface area (Å²) >= 11 is 0. The molecule has 2 saturated heterocycles. The number of amides is 4. The van der Waals surface area contributed by atoms with Crippen LogP contribution in [0.2, 0.25) is 0 Å². The lowest BCUT2D eigenvalue weighted by molar-refractivity contribution is -0.147. The molecule has 9 nitrogen and oxygen atoms in total. The topological polar surface area (TPSA) is 125 Å². The van der Waals surface area contributed by atoms with Gasteiger partial charge in [-0.1, -0.05) is 24.3 Å². The number of rotatable bonds is 8. The molecule has 1 spiro atoms. The number of likely N-dealkylation sites (tertiary alicyclic amines) is 1.